The molecule has 0 heterocycles. The van der Waals surface area contributed by atoms with Crippen molar-refractivity contribution < 1.29 is 24.0 Å². The van der Waals surface area contributed by atoms with Crippen molar-refractivity contribution in [2.24, 2.45) is 0 Å². The highest BCUT2D eigenvalue weighted by molar-refractivity contribution is 5.93. The number of methoxy groups -OCH3 is 2. The average Bonchev–Trinajstić information content (AvgIpc) is 2.44. The predicted molar refractivity (Wildman–Crippen MR) is 69.5 cm³/mol. The highest BCUT2D eigenvalue weighted by Crippen LogP contribution is 2.29. The fourth-order valence-electron chi connectivity index (χ4n) is 1.45. The second-order valence-corrected chi connectivity index (χ2v) is 3.77. The summed E-state index contributed by atoms with van der Waals surface area (Å²) in [5.41, 5.74) is 0.00522. The summed E-state index contributed by atoms with van der Waals surface area (Å²) < 4.78 is 9.25. The molecule has 0 unspecified atom stereocenters. The lowest BCUT2D eigenvalue weighted by atomic mass is 10.2. The largest absolute Gasteiger partial charge is 0.490 e. The zero-order valence-corrected chi connectivity index (χ0v) is 11.0. The van der Waals surface area contributed by atoms with E-state index < -0.39 is 16.8 Å². The van der Waals surface area contributed by atoms with Crippen LogP contribution in [0.2, 0.25) is 0 Å². The molecule has 0 aliphatic carbocycles. The molecule has 1 amide bonds. The molecule has 8 heteroatoms. The molecular formula is C12H14N2O6. The summed E-state index contributed by atoms with van der Waals surface area (Å²) in [6, 6.07) is 4.05. The minimum absolute atomic E-state index is 0.0550. The monoisotopic (exact) mass is 282 g/mol. The number of ether oxygens (including phenoxy) is 2. The predicted octanol–water partition coefficient (Wildman–Crippen LogP) is 1.50. The van der Waals surface area contributed by atoms with Crippen molar-refractivity contribution in [2.75, 3.05) is 19.5 Å². The Morgan fingerprint density at radius 2 is 2.00 bits per heavy atom. The number of hydrogen-bond donors (Lipinski definition) is 1. The molecule has 0 fully saturated rings. The minimum Gasteiger partial charge on any atom is -0.490 e. The van der Waals surface area contributed by atoms with Crippen LogP contribution in [0.5, 0.6) is 5.75 Å². The van der Waals surface area contributed by atoms with Crippen LogP contribution in [0.3, 0.4) is 0 Å². The molecule has 0 spiro atoms. The highest BCUT2D eigenvalue weighted by Gasteiger charge is 2.16. The van der Waals surface area contributed by atoms with Crippen molar-refractivity contribution in [3.05, 3.63) is 28.3 Å². The van der Waals surface area contributed by atoms with Gasteiger partial charge in [-0.25, -0.2) is 0 Å². The first-order valence-electron chi connectivity index (χ1n) is 5.67. The lowest BCUT2D eigenvalue weighted by molar-refractivity contribution is -0.385. The quantitative estimate of drug-likeness (QED) is 0.481. The number of nitro groups is 1. The van der Waals surface area contributed by atoms with E-state index in [1.807, 2.05) is 0 Å². The maximum absolute atomic E-state index is 11.5. The molecular weight excluding hydrogens is 268 g/mol. The second kappa shape index (κ2) is 7.07. The van der Waals surface area contributed by atoms with E-state index in [2.05, 4.69) is 10.1 Å². The summed E-state index contributed by atoms with van der Waals surface area (Å²) in [5, 5.41) is 13.3. The maximum Gasteiger partial charge on any atom is 0.312 e. The van der Waals surface area contributed by atoms with Crippen LogP contribution in [0, 0.1) is 10.1 Å². The third-order valence-electron chi connectivity index (χ3n) is 2.44. The van der Waals surface area contributed by atoms with Crippen molar-refractivity contribution in [3.63, 3.8) is 0 Å². The van der Waals surface area contributed by atoms with Crippen LogP contribution >= 0.6 is 0 Å². The van der Waals surface area contributed by atoms with Gasteiger partial charge in [0.25, 0.3) is 0 Å². The number of hydrogen-bond acceptors (Lipinski definition) is 6. The summed E-state index contributed by atoms with van der Waals surface area (Å²) in [6.45, 7) is 0. The van der Waals surface area contributed by atoms with Gasteiger partial charge in [-0.05, 0) is 12.1 Å². The molecule has 0 aliphatic heterocycles. The summed E-state index contributed by atoms with van der Waals surface area (Å²) >= 11 is 0. The van der Waals surface area contributed by atoms with Crippen LogP contribution in [0.1, 0.15) is 12.8 Å². The van der Waals surface area contributed by atoms with Crippen molar-refractivity contribution in [3.8, 4) is 5.75 Å². The number of rotatable bonds is 6. The number of carbonyl (C=O) groups is 2. The summed E-state index contributed by atoms with van der Waals surface area (Å²) in [6.07, 6.45) is -0.118. The molecule has 0 aromatic heterocycles. The first kappa shape index (κ1) is 15.4. The number of esters is 1. The molecule has 0 saturated heterocycles. The van der Waals surface area contributed by atoms with E-state index in [0.717, 1.165) is 0 Å². The third-order valence-corrected chi connectivity index (χ3v) is 2.44. The molecule has 20 heavy (non-hydrogen) atoms. The highest BCUT2D eigenvalue weighted by atomic mass is 16.6. The van der Waals surface area contributed by atoms with Gasteiger partial charge < -0.3 is 14.8 Å². The molecule has 8 nitrogen and oxygen atoms in total. The van der Waals surface area contributed by atoms with Crippen LogP contribution in [0.15, 0.2) is 18.2 Å². The fraction of sp³-hybridized carbons (Fsp3) is 0.333. The number of nitro benzene ring substituents is 1. The number of benzene rings is 1. The van der Waals surface area contributed by atoms with Crippen molar-refractivity contribution in [1.82, 2.24) is 0 Å². The zero-order valence-electron chi connectivity index (χ0n) is 11.0. The molecule has 1 aromatic rings. The summed E-state index contributed by atoms with van der Waals surface area (Å²) in [5.74, 6) is -0.835. The van der Waals surface area contributed by atoms with Crippen LogP contribution in [-0.4, -0.2) is 31.0 Å². The second-order valence-electron chi connectivity index (χ2n) is 3.77. The standard InChI is InChI=1S/C12H14N2O6/c1-19-10-4-3-8(7-9(10)14(17)18)13-11(15)5-6-12(16)20-2/h3-4,7H,5-6H2,1-2H3,(H,13,15). The molecule has 1 rings (SSSR count). The number of amides is 1. The van der Waals surface area contributed by atoms with Gasteiger partial charge in [-0.2, -0.15) is 0 Å². The van der Waals surface area contributed by atoms with Crippen LogP contribution < -0.4 is 10.1 Å². The fourth-order valence-corrected chi connectivity index (χ4v) is 1.45. The number of anilines is 1. The van der Waals surface area contributed by atoms with E-state index in [4.69, 9.17) is 4.74 Å². The molecule has 1 aromatic carbocycles. The van der Waals surface area contributed by atoms with E-state index in [1.54, 1.807) is 0 Å². The molecule has 0 saturated carbocycles. The minimum atomic E-state index is -0.608. The first-order valence-corrected chi connectivity index (χ1v) is 5.67. The van der Waals surface area contributed by atoms with Gasteiger partial charge in [-0.15, -0.1) is 0 Å². The van der Waals surface area contributed by atoms with Gasteiger partial charge in [0.1, 0.15) is 0 Å². The Morgan fingerprint density at radius 3 is 2.55 bits per heavy atom. The number of nitrogens with one attached hydrogen (secondary N) is 1. The number of carbonyl (C=O) groups excluding carboxylic acids is 2. The van der Waals surface area contributed by atoms with Crippen molar-refractivity contribution >= 4 is 23.3 Å². The van der Waals surface area contributed by atoms with Gasteiger partial charge in [0.2, 0.25) is 5.91 Å². The smallest absolute Gasteiger partial charge is 0.312 e. The van der Waals surface area contributed by atoms with Crippen LogP contribution in [-0.2, 0) is 14.3 Å². The van der Waals surface area contributed by atoms with Crippen molar-refractivity contribution in [2.45, 2.75) is 12.8 Å². The average molecular weight is 282 g/mol. The first-order chi connectivity index (χ1) is 9.47. The molecule has 0 atom stereocenters. The Bertz CT molecular complexity index is 529. The number of nitrogens with zero attached hydrogens (tertiary/aromatic N) is 1. The van der Waals surface area contributed by atoms with Gasteiger partial charge in [-0.3, -0.25) is 19.7 Å². The van der Waals surface area contributed by atoms with E-state index in [0.29, 0.717) is 0 Å². The normalized spacial score (nSPS) is 9.70. The summed E-state index contributed by atoms with van der Waals surface area (Å²) in [7, 11) is 2.55. The molecule has 0 radical (unpaired) electrons. The zero-order chi connectivity index (χ0) is 15.1. The van der Waals surface area contributed by atoms with Gasteiger partial charge in [0, 0.05) is 18.2 Å². The Kier molecular flexibility index (Phi) is 5.45. The van der Waals surface area contributed by atoms with Crippen molar-refractivity contribution in [1.29, 1.82) is 0 Å². The van der Waals surface area contributed by atoms with Crippen LogP contribution in [0.25, 0.3) is 0 Å². The van der Waals surface area contributed by atoms with Crippen LogP contribution in [0.4, 0.5) is 11.4 Å². The van der Waals surface area contributed by atoms with Gasteiger partial charge >= 0.3 is 11.7 Å². The Hall–Kier alpha value is -2.64. The lowest BCUT2D eigenvalue weighted by Gasteiger charge is -2.06. The Labute approximate surface area is 114 Å². The van der Waals surface area contributed by atoms with E-state index in [9.17, 15) is 19.7 Å². The van der Waals surface area contributed by atoms with E-state index >= 15 is 0 Å². The van der Waals surface area contributed by atoms with E-state index in [-0.39, 0.29) is 30.0 Å². The maximum atomic E-state index is 11.5. The van der Waals surface area contributed by atoms with Gasteiger partial charge in [0.05, 0.1) is 25.6 Å². The lowest BCUT2D eigenvalue weighted by Crippen LogP contribution is -2.14. The SMILES string of the molecule is COC(=O)CCC(=O)Nc1ccc(OC)c([N+](=O)[O-])c1. The van der Waals surface area contributed by atoms with E-state index in [1.165, 1.54) is 32.4 Å². The third kappa shape index (κ3) is 4.23. The topological polar surface area (TPSA) is 108 Å². The molecule has 0 aliphatic rings. The molecule has 1 N–H and O–H groups in total. The Balaban J connectivity index is 2.73. The van der Waals surface area contributed by atoms with Gasteiger partial charge in [0.15, 0.2) is 5.75 Å². The Morgan fingerprint density at radius 1 is 1.30 bits per heavy atom. The molecule has 0 bridgehead atoms. The summed E-state index contributed by atoms with van der Waals surface area (Å²) in [4.78, 5) is 32.7. The van der Waals surface area contributed by atoms with Gasteiger partial charge in [-0.1, -0.05) is 0 Å². The molecule has 108 valence electrons.